The third-order valence-electron chi connectivity index (χ3n) is 5.16. The summed E-state index contributed by atoms with van der Waals surface area (Å²) in [7, 11) is 0. The number of hydrogen-bond donors (Lipinski definition) is 1. The molecule has 2 aromatic heterocycles. The molecule has 2 saturated carbocycles. The topological polar surface area (TPSA) is 68.0 Å². The number of aromatic nitrogens is 2. The van der Waals surface area contributed by atoms with E-state index in [2.05, 4.69) is 34.5 Å². The van der Waals surface area contributed by atoms with Crippen molar-refractivity contribution in [3.8, 4) is 0 Å². The zero-order valence-electron chi connectivity index (χ0n) is 14.1. The molecule has 2 aliphatic carbocycles. The molecule has 0 unspecified atom stereocenters. The third-order valence-corrected chi connectivity index (χ3v) is 6.29. The Balaban J connectivity index is 1.34. The molecule has 3 atom stereocenters. The standard InChI is InChI=1S/C18H23N3O2S/c1-10-7-8-15(24-10)13-9-14(13)17(22)19-11(2)18-20-16(21-23-18)12-5-3-4-6-12/h7-8,11-14H,3-6,9H2,1-2H3,(H,19,22)/t11-,13-,14-/m1/s1. The predicted octanol–water partition coefficient (Wildman–Crippen LogP) is 4.08. The molecule has 0 radical (unpaired) electrons. The number of nitrogens with one attached hydrogen (secondary N) is 1. The van der Waals surface area contributed by atoms with Crippen LogP contribution in [0.3, 0.4) is 0 Å². The van der Waals surface area contributed by atoms with Crippen LogP contribution in [0.2, 0.25) is 0 Å². The maximum absolute atomic E-state index is 12.4. The van der Waals surface area contributed by atoms with Crippen molar-refractivity contribution in [2.24, 2.45) is 5.92 Å². The highest BCUT2D eigenvalue weighted by atomic mass is 32.1. The first-order valence-corrected chi connectivity index (χ1v) is 9.63. The largest absolute Gasteiger partial charge is 0.344 e. The number of aryl methyl sites for hydroxylation is 1. The molecule has 6 heteroatoms. The summed E-state index contributed by atoms with van der Waals surface area (Å²) in [6, 6.07) is 4.04. The second kappa shape index (κ2) is 6.31. The SMILES string of the molecule is Cc1ccc([C@@H]2C[C@H]2C(=O)N[C@H](C)c2nc(C3CCCC3)no2)s1. The summed E-state index contributed by atoms with van der Waals surface area (Å²) in [5, 5.41) is 7.15. The maximum atomic E-state index is 12.4. The van der Waals surface area contributed by atoms with Gasteiger partial charge in [0.25, 0.3) is 0 Å². The number of nitrogens with zero attached hydrogens (tertiary/aromatic N) is 2. The molecule has 0 aromatic carbocycles. The minimum atomic E-state index is -0.230. The van der Waals surface area contributed by atoms with Crippen LogP contribution >= 0.6 is 11.3 Å². The summed E-state index contributed by atoms with van der Waals surface area (Å²) in [6.07, 6.45) is 5.71. The van der Waals surface area contributed by atoms with Gasteiger partial charge in [0.1, 0.15) is 6.04 Å². The minimum absolute atomic E-state index is 0.0859. The van der Waals surface area contributed by atoms with Crippen molar-refractivity contribution in [1.29, 1.82) is 0 Å². The fraction of sp³-hybridized carbons (Fsp3) is 0.611. The van der Waals surface area contributed by atoms with Crippen molar-refractivity contribution < 1.29 is 9.32 Å². The van der Waals surface area contributed by atoms with Gasteiger partial charge in [0.2, 0.25) is 11.8 Å². The smallest absolute Gasteiger partial charge is 0.248 e. The Morgan fingerprint density at radius 1 is 1.38 bits per heavy atom. The van der Waals surface area contributed by atoms with E-state index < -0.39 is 0 Å². The van der Waals surface area contributed by atoms with E-state index in [0.29, 0.717) is 17.7 Å². The molecule has 0 spiro atoms. The van der Waals surface area contributed by atoms with Crippen LogP contribution in [0.4, 0.5) is 0 Å². The van der Waals surface area contributed by atoms with E-state index in [1.165, 1.54) is 22.6 Å². The van der Waals surface area contributed by atoms with Crippen molar-refractivity contribution in [3.05, 3.63) is 33.6 Å². The highest BCUT2D eigenvalue weighted by Crippen LogP contribution is 2.49. The zero-order valence-corrected chi connectivity index (χ0v) is 14.9. The number of amides is 1. The second-order valence-electron chi connectivity index (χ2n) is 7.10. The first kappa shape index (κ1) is 15.8. The van der Waals surface area contributed by atoms with Crippen LogP contribution in [0, 0.1) is 12.8 Å². The molecule has 1 amide bonds. The Morgan fingerprint density at radius 2 is 2.17 bits per heavy atom. The van der Waals surface area contributed by atoms with Gasteiger partial charge in [0.15, 0.2) is 5.82 Å². The Labute approximate surface area is 145 Å². The van der Waals surface area contributed by atoms with E-state index in [9.17, 15) is 4.79 Å². The molecular weight excluding hydrogens is 322 g/mol. The summed E-state index contributed by atoms with van der Waals surface area (Å²) >= 11 is 1.79. The van der Waals surface area contributed by atoms with Gasteiger partial charge >= 0.3 is 0 Å². The maximum Gasteiger partial charge on any atom is 0.248 e. The monoisotopic (exact) mass is 345 g/mol. The van der Waals surface area contributed by atoms with Crippen LogP contribution in [-0.4, -0.2) is 16.0 Å². The lowest BCUT2D eigenvalue weighted by atomic mass is 10.1. The molecule has 128 valence electrons. The second-order valence-corrected chi connectivity index (χ2v) is 8.42. The number of carbonyl (C=O) groups is 1. The lowest BCUT2D eigenvalue weighted by molar-refractivity contribution is -0.123. The molecular formula is C18H23N3O2S. The Hall–Kier alpha value is -1.69. The van der Waals surface area contributed by atoms with Gasteiger partial charge in [-0.2, -0.15) is 4.98 Å². The first-order chi connectivity index (χ1) is 11.6. The van der Waals surface area contributed by atoms with Gasteiger partial charge in [-0.1, -0.05) is 18.0 Å². The van der Waals surface area contributed by atoms with Crippen LogP contribution in [0.15, 0.2) is 16.7 Å². The predicted molar refractivity (Wildman–Crippen MR) is 92.0 cm³/mol. The van der Waals surface area contributed by atoms with Crippen molar-refractivity contribution >= 4 is 17.2 Å². The fourth-order valence-corrected chi connectivity index (χ4v) is 4.66. The van der Waals surface area contributed by atoms with Crippen molar-refractivity contribution in [2.45, 2.75) is 63.8 Å². The molecule has 5 nitrogen and oxygen atoms in total. The Bertz CT molecular complexity index is 732. The van der Waals surface area contributed by atoms with Gasteiger partial charge < -0.3 is 9.84 Å². The third kappa shape index (κ3) is 3.11. The summed E-state index contributed by atoms with van der Waals surface area (Å²) in [4.78, 5) is 19.6. The van der Waals surface area contributed by atoms with Gasteiger partial charge in [0, 0.05) is 27.5 Å². The molecule has 4 rings (SSSR count). The van der Waals surface area contributed by atoms with E-state index in [0.717, 1.165) is 25.1 Å². The van der Waals surface area contributed by atoms with Crippen LogP contribution in [-0.2, 0) is 4.79 Å². The highest BCUT2D eigenvalue weighted by molar-refractivity contribution is 7.12. The van der Waals surface area contributed by atoms with Gasteiger partial charge in [-0.25, -0.2) is 0 Å². The Morgan fingerprint density at radius 3 is 2.88 bits per heavy atom. The first-order valence-electron chi connectivity index (χ1n) is 8.82. The molecule has 0 aliphatic heterocycles. The summed E-state index contributed by atoms with van der Waals surface area (Å²) in [5.41, 5.74) is 0. The molecule has 2 aromatic rings. The fourth-order valence-electron chi connectivity index (χ4n) is 3.61. The number of hydrogen-bond acceptors (Lipinski definition) is 5. The molecule has 2 fully saturated rings. The summed E-state index contributed by atoms with van der Waals surface area (Å²) in [6.45, 7) is 4.02. The van der Waals surface area contributed by atoms with E-state index in [1.807, 2.05) is 6.92 Å². The average Bonchev–Trinajstić information content (AvgIpc) is 2.99. The molecule has 0 bridgehead atoms. The highest BCUT2D eigenvalue weighted by Gasteiger charge is 2.45. The molecule has 24 heavy (non-hydrogen) atoms. The molecule has 0 saturated heterocycles. The van der Waals surface area contributed by atoms with E-state index in [1.54, 1.807) is 11.3 Å². The van der Waals surface area contributed by atoms with Crippen molar-refractivity contribution in [1.82, 2.24) is 15.5 Å². The van der Waals surface area contributed by atoms with E-state index in [4.69, 9.17) is 4.52 Å². The zero-order chi connectivity index (χ0) is 16.7. The number of thiophene rings is 1. The van der Waals surface area contributed by atoms with Crippen LogP contribution in [0.25, 0.3) is 0 Å². The van der Waals surface area contributed by atoms with Crippen LogP contribution < -0.4 is 5.32 Å². The van der Waals surface area contributed by atoms with Crippen LogP contribution in [0.1, 0.15) is 78.4 Å². The quantitative estimate of drug-likeness (QED) is 0.886. The van der Waals surface area contributed by atoms with Gasteiger partial charge in [0.05, 0.1) is 0 Å². The van der Waals surface area contributed by atoms with E-state index in [-0.39, 0.29) is 17.9 Å². The molecule has 2 aliphatic rings. The minimum Gasteiger partial charge on any atom is -0.344 e. The molecule has 2 heterocycles. The van der Waals surface area contributed by atoms with Gasteiger partial charge in [-0.3, -0.25) is 4.79 Å². The van der Waals surface area contributed by atoms with Gasteiger partial charge in [-0.05, 0) is 45.2 Å². The average molecular weight is 345 g/mol. The number of rotatable bonds is 5. The van der Waals surface area contributed by atoms with Crippen molar-refractivity contribution in [2.75, 3.05) is 0 Å². The lowest BCUT2D eigenvalue weighted by Gasteiger charge is -2.09. The summed E-state index contributed by atoms with van der Waals surface area (Å²) in [5.74, 6) is 2.33. The van der Waals surface area contributed by atoms with Gasteiger partial charge in [-0.15, -0.1) is 11.3 Å². The molecule has 1 N–H and O–H groups in total. The van der Waals surface area contributed by atoms with Crippen LogP contribution in [0.5, 0.6) is 0 Å². The lowest BCUT2D eigenvalue weighted by Crippen LogP contribution is -2.28. The van der Waals surface area contributed by atoms with E-state index >= 15 is 0 Å². The normalized spacial score (nSPS) is 24.9. The summed E-state index contributed by atoms with van der Waals surface area (Å²) < 4.78 is 5.38. The Kier molecular flexibility index (Phi) is 4.16. The van der Waals surface area contributed by atoms with Crippen molar-refractivity contribution in [3.63, 3.8) is 0 Å². The number of carbonyl (C=O) groups excluding carboxylic acids is 1.